The maximum atomic E-state index is 12.0. The van der Waals surface area contributed by atoms with Gasteiger partial charge in [0.05, 0.1) is 17.5 Å². The minimum Gasteiger partial charge on any atom is -0.487 e. The molecule has 0 amide bonds. The second-order valence-electron chi connectivity index (χ2n) is 5.86. The summed E-state index contributed by atoms with van der Waals surface area (Å²) in [6.07, 6.45) is 1.81. The first kappa shape index (κ1) is 15.9. The monoisotopic (exact) mass is 336 g/mol. The Balaban J connectivity index is 1.55. The van der Waals surface area contributed by atoms with Crippen LogP contribution in [0.3, 0.4) is 0 Å². The van der Waals surface area contributed by atoms with Gasteiger partial charge in [-0.1, -0.05) is 23.4 Å². The molecule has 0 spiro atoms. The van der Waals surface area contributed by atoms with Gasteiger partial charge in [-0.15, -0.1) is 5.10 Å². The minimum atomic E-state index is -3.17. The van der Waals surface area contributed by atoms with E-state index in [1.165, 1.54) is 4.31 Å². The van der Waals surface area contributed by atoms with Crippen LogP contribution in [0, 0.1) is 0 Å². The third-order valence-corrected chi connectivity index (χ3v) is 6.06. The summed E-state index contributed by atoms with van der Waals surface area (Å²) >= 11 is 0. The number of sulfonamides is 1. The summed E-state index contributed by atoms with van der Waals surface area (Å²) in [6.45, 7) is 4.62. The highest BCUT2D eigenvalue weighted by molar-refractivity contribution is 7.89. The molecule has 0 N–H and O–H groups in total. The van der Waals surface area contributed by atoms with Crippen molar-refractivity contribution in [1.82, 2.24) is 19.3 Å². The molecule has 23 heavy (non-hydrogen) atoms. The average Bonchev–Trinajstić information content (AvgIpc) is 2.93. The Hall–Kier alpha value is -1.93. The summed E-state index contributed by atoms with van der Waals surface area (Å²) < 4.78 is 32.9. The third kappa shape index (κ3) is 3.37. The van der Waals surface area contributed by atoms with Crippen molar-refractivity contribution in [3.63, 3.8) is 0 Å². The van der Waals surface area contributed by atoms with Crippen molar-refractivity contribution < 1.29 is 13.2 Å². The van der Waals surface area contributed by atoms with Gasteiger partial charge < -0.3 is 4.74 Å². The highest BCUT2D eigenvalue weighted by atomic mass is 32.2. The Morgan fingerprint density at radius 2 is 1.96 bits per heavy atom. The van der Waals surface area contributed by atoms with Crippen LogP contribution in [-0.4, -0.2) is 46.1 Å². The van der Waals surface area contributed by atoms with E-state index < -0.39 is 15.3 Å². The van der Waals surface area contributed by atoms with Crippen LogP contribution >= 0.6 is 0 Å². The predicted octanol–water partition coefficient (Wildman–Crippen LogP) is 1.45. The molecule has 0 radical (unpaired) electrons. The van der Waals surface area contributed by atoms with Gasteiger partial charge >= 0.3 is 0 Å². The fourth-order valence-corrected chi connectivity index (χ4v) is 3.68. The second kappa shape index (κ2) is 6.29. The van der Waals surface area contributed by atoms with E-state index in [1.54, 1.807) is 18.5 Å². The molecule has 2 aromatic rings. The topological polar surface area (TPSA) is 77.3 Å². The standard InChI is InChI=1S/C15H20N4O3S/c1-12(2)23(20,21)18-9-14(10-18)19-8-13(16-17-19)11-22-15-6-4-3-5-7-15/h3-8,12,14H,9-11H2,1-2H3. The summed E-state index contributed by atoms with van der Waals surface area (Å²) in [5.74, 6) is 0.778. The SMILES string of the molecule is CC(C)S(=O)(=O)N1CC(n2cc(COc3ccccc3)nn2)C1. The number of ether oxygens (including phenoxy) is 1. The molecule has 1 aromatic heterocycles. The van der Waals surface area contributed by atoms with Gasteiger partial charge in [-0.2, -0.15) is 4.31 Å². The van der Waals surface area contributed by atoms with Crippen molar-refractivity contribution in [2.45, 2.75) is 31.7 Å². The number of nitrogens with zero attached hydrogens (tertiary/aromatic N) is 4. The van der Waals surface area contributed by atoms with Crippen LogP contribution in [0.1, 0.15) is 25.6 Å². The van der Waals surface area contributed by atoms with E-state index >= 15 is 0 Å². The predicted molar refractivity (Wildman–Crippen MR) is 85.5 cm³/mol. The lowest BCUT2D eigenvalue weighted by Crippen LogP contribution is -2.52. The lowest BCUT2D eigenvalue weighted by Gasteiger charge is -2.38. The van der Waals surface area contributed by atoms with Crippen molar-refractivity contribution in [3.8, 4) is 5.75 Å². The molecule has 0 saturated carbocycles. The van der Waals surface area contributed by atoms with Crippen LogP contribution in [-0.2, 0) is 16.6 Å². The molecule has 1 fully saturated rings. The second-order valence-corrected chi connectivity index (χ2v) is 8.35. The van der Waals surface area contributed by atoms with Crippen LogP contribution in [0.25, 0.3) is 0 Å². The lowest BCUT2D eigenvalue weighted by atomic mass is 10.2. The molecule has 3 rings (SSSR count). The average molecular weight is 336 g/mol. The first-order chi connectivity index (χ1) is 11.0. The van der Waals surface area contributed by atoms with E-state index in [1.807, 2.05) is 36.5 Å². The number of benzene rings is 1. The van der Waals surface area contributed by atoms with Crippen LogP contribution in [0.5, 0.6) is 5.75 Å². The molecule has 7 nitrogen and oxygen atoms in total. The Labute approximate surface area is 135 Å². The normalized spacial score (nSPS) is 16.5. The molecule has 2 heterocycles. The maximum Gasteiger partial charge on any atom is 0.216 e. The van der Waals surface area contributed by atoms with E-state index in [0.717, 1.165) is 11.4 Å². The van der Waals surface area contributed by atoms with E-state index in [-0.39, 0.29) is 6.04 Å². The lowest BCUT2D eigenvalue weighted by molar-refractivity contribution is 0.187. The quantitative estimate of drug-likeness (QED) is 0.798. The van der Waals surface area contributed by atoms with Gasteiger partial charge in [0.15, 0.2) is 0 Å². The highest BCUT2D eigenvalue weighted by Crippen LogP contribution is 2.25. The van der Waals surface area contributed by atoms with Gasteiger partial charge in [-0.05, 0) is 26.0 Å². The molecule has 1 aromatic carbocycles. The minimum absolute atomic E-state index is 0.0431. The highest BCUT2D eigenvalue weighted by Gasteiger charge is 2.38. The van der Waals surface area contributed by atoms with Gasteiger partial charge in [0, 0.05) is 13.1 Å². The van der Waals surface area contributed by atoms with Crippen LogP contribution in [0.15, 0.2) is 36.5 Å². The smallest absolute Gasteiger partial charge is 0.216 e. The molecule has 1 saturated heterocycles. The van der Waals surface area contributed by atoms with Crippen molar-refractivity contribution in [3.05, 3.63) is 42.2 Å². The number of hydrogen-bond acceptors (Lipinski definition) is 5. The number of hydrogen-bond donors (Lipinski definition) is 0. The van der Waals surface area contributed by atoms with Crippen LogP contribution in [0.4, 0.5) is 0 Å². The fourth-order valence-electron chi connectivity index (χ4n) is 2.32. The molecular formula is C15H20N4O3S. The molecule has 0 aliphatic carbocycles. The zero-order valence-corrected chi connectivity index (χ0v) is 14.0. The molecule has 8 heteroatoms. The Bertz CT molecular complexity index is 752. The van der Waals surface area contributed by atoms with Gasteiger partial charge in [0.2, 0.25) is 10.0 Å². The van der Waals surface area contributed by atoms with Gasteiger partial charge in [0.25, 0.3) is 0 Å². The summed E-state index contributed by atoms with van der Waals surface area (Å²) in [4.78, 5) is 0. The van der Waals surface area contributed by atoms with Crippen molar-refractivity contribution in [2.75, 3.05) is 13.1 Å². The molecule has 1 aliphatic rings. The molecule has 0 atom stereocenters. The molecule has 0 unspecified atom stereocenters. The van der Waals surface area contributed by atoms with Crippen molar-refractivity contribution >= 4 is 10.0 Å². The Morgan fingerprint density at radius 3 is 2.61 bits per heavy atom. The summed E-state index contributed by atoms with van der Waals surface area (Å²) in [7, 11) is -3.17. The number of aromatic nitrogens is 3. The van der Waals surface area contributed by atoms with E-state index in [9.17, 15) is 8.42 Å². The van der Waals surface area contributed by atoms with E-state index in [4.69, 9.17) is 4.74 Å². The number of para-hydroxylation sites is 1. The zero-order chi connectivity index (χ0) is 16.4. The maximum absolute atomic E-state index is 12.0. The third-order valence-electron chi connectivity index (χ3n) is 3.85. The van der Waals surface area contributed by atoms with Crippen molar-refractivity contribution in [1.29, 1.82) is 0 Å². The first-order valence-corrected chi connectivity index (χ1v) is 9.04. The molecular weight excluding hydrogens is 316 g/mol. The first-order valence-electron chi connectivity index (χ1n) is 7.54. The zero-order valence-electron chi connectivity index (χ0n) is 13.2. The van der Waals surface area contributed by atoms with Gasteiger partial charge in [-0.25, -0.2) is 13.1 Å². The van der Waals surface area contributed by atoms with Gasteiger partial charge in [0.1, 0.15) is 18.1 Å². The molecule has 0 bridgehead atoms. The van der Waals surface area contributed by atoms with Crippen LogP contribution < -0.4 is 4.74 Å². The molecule has 124 valence electrons. The fraction of sp³-hybridized carbons (Fsp3) is 0.467. The Kier molecular flexibility index (Phi) is 4.36. The number of rotatable bonds is 6. The summed E-state index contributed by atoms with van der Waals surface area (Å²) in [5, 5.41) is 7.76. The van der Waals surface area contributed by atoms with Crippen molar-refractivity contribution in [2.24, 2.45) is 0 Å². The van der Waals surface area contributed by atoms with E-state index in [0.29, 0.717) is 19.7 Å². The van der Waals surface area contributed by atoms with E-state index in [2.05, 4.69) is 10.3 Å². The summed E-state index contributed by atoms with van der Waals surface area (Å²) in [6, 6.07) is 9.54. The van der Waals surface area contributed by atoms with Crippen LogP contribution in [0.2, 0.25) is 0 Å². The Morgan fingerprint density at radius 1 is 1.26 bits per heavy atom. The largest absolute Gasteiger partial charge is 0.487 e. The summed E-state index contributed by atoms with van der Waals surface area (Å²) in [5.41, 5.74) is 0.721. The van der Waals surface area contributed by atoms with Gasteiger partial charge in [-0.3, -0.25) is 0 Å². The molecule has 1 aliphatic heterocycles.